The summed E-state index contributed by atoms with van der Waals surface area (Å²) >= 11 is 0. The van der Waals surface area contributed by atoms with Gasteiger partial charge in [0.2, 0.25) is 15.9 Å². The van der Waals surface area contributed by atoms with Crippen LogP contribution in [0.5, 0.6) is 0 Å². The molecule has 4 atom stereocenters. The SMILES string of the molecule is CCCS(=O)(=O)N1CCCC1C(=O)N1CC2CCC(N)C2C1.Cl. The number of rotatable bonds is 4. The average Bonchev–Trinajstić information content (AvgIpc) is 3.15. The van der Waals surface area contributed by atoms with Crippen LogP contribution in [0.15, 0.2) is 0 Å². The molecule has 0 bridgehead atoms. The number of halogens is 1. The number of carbonyl (C=O) groups excluding carboxylic acids is 1. The first-order chi connectivity index (χ1) is 10.4. The zero-order chi connectivity index (χ0) is 15.9. The molecule has 3 rings (SSSR count). The van der Waals surface area contributed by atoms with Crippen molar-refractivity contribution in [2.75, 3.05) is 25.4 Å². The highest BCUT2D eigenvalue weighted by molar-refractivity contribution is 7.89. The average molecular weight is 366 g/mol. The number of fused-ring (bicyclic) bond motifs is 1. The van der Waals surface area contributed by atoms with Gasteiger partial charge in [-0.05, 0) is 43.9 Å². The van der Waals surface area contributed by atoms with E-state index < -0.39 is 16.1 Å². The van der Waals surface area contributed by atoms with Crippen molar-refractivity contribution in [2.45, 2.75) is 51.1 Å². The van der Waals surface area contributed by atoms with Gasteiger partial charge in [0, 0.05) is 25.7 Å². The lowest BCUT2D eigenvalue weighted by molar-refractivity contribution is -0.133. The fraction of sp³-hybridized carbons (Fsp3) is 0.933. The number of nitrogens with zero attached hydrogens (tertiary/aromatic N) is 2. The van der Waals surface area contributed by atoms with Crippen molar-refractivity contribution in [1.29, 1.82) is 0 Å². The van der Waals surface area contributed by atoms with E-state index in [9.17, 15) is 13.2 Å². The van der Waals surface area contributed by atoms with Gasteiger partial charge in [0.1, 0.15) is 6.04 Å². The molecule has 0 aromatic heterocycles. The van der Waals surface area contributed by atoms with E-state index in [-0.39, 0.29) is 30.1 Å². The molecule has 0 aromatic rings. The van der Waals surface area contributed by atoms with E-state index in [0.717, 1.165) is 25.8 Å². The number of carbonyl (C=O) groups is 1. The maximum Gasteiger partial charge on any atom is 0.241 e. The summed E-state index contributed by atoms with van der Waals surface area (Å²) in [5.74, 6) is 1.05. The Balaban J connectivity index is 0.00000192. The van der Waals surface area contributed by atoms with Crippen LogP contribution in [0.4, 0.5) is 0 Å². The van der Waals surface area contributed by atoms with Crippen LogP contribution in [0.25, 0.3) is 0 Å². The van der Waals surface area contributed by atoms with Crippen LogP contribution in [0.1, 0.15) is 39.0 Å². The van der Waals surface area contributed by atoms with Crippen LogP contribution in [0.3, 0.4) is 0 Å². The van der Waals surface area contributed by atoms with Crippen molar-refractivity contribution in [3.8, 4) is 0 Å². The molecule has 4 unspecified atom stereocenters. The van der Waals surface area contributed by atoms with Gasteiger partial charge in [-0.2, -0.15) is 4.31 Å². The van der Waals surface area contributed by atoms with Crippen molar-refractivity contribution in [1.82, 2.24) is 9.21 Å². The number of amides is 1. The number of nitrogens with two attached hydrogens (primary N) is 1. The Morgan fingerprint density at radius 3 is 2.61 bits per heavy atom. The second-order valence-corrected chi connectivity index (χ2v) is 9.03. The predicted molar refractivity (Wildman–Crippen MR) is 91.8 cm³/mol. The molecule has 2 saturated heterocycles. The Labute approximate surface area is 145 Å². The first kappa shape index (κ1) is 19.0. The molecule has 0 radical (unpaired) electrons. The van der Waals surface area contributed by atoms with Crippen molar-refractivity contribution >= 4 is 28.3 Å². The molecule has 2 heterocycles. The standard InChI is InChI=1S/C15H27N3O3S.ClH/c1-2-8-22(20,21)18-7-3-4-14(18)15(19)17-9-11-5-6-13(16)12(11)10-17;/h11-14H,2-10,16H2,1H3;1H. The Kier molecular flexibility index (Phi) is 5.98. The summed E-state index contributed by atoms with van der Waals surface area (Å²) in [6, 6.07) is -0.280. The van der Waals surface area contributed by atoms with E-state index in [1.165, 1.54) is 4.31 Å². The molecule has 23 heavy (non-hydrogen) atoms. The predicted octanol–water partition coefficient (Wildman–Crippen LogP) is 0.808. The number of sulfonamides is 1. The highest BCUT2D eigenvalue weighted by atomic mass is 35.5. The minimum Gasteiger partial charge on any atom is -0.341 e. The zero-order valence-electron chi connectivity index (χ0n) is 13.7. The van der Waals surface area contributed by atoms with Gasteiger partial charge in [-0.25, -0.2) is 8.42 Å². The molecular formula is C15H28ClN3O3S. The van der Waals surface area contributed by atoms with Gasteiger partial charge in [0.05, 0.1) is 5.75 Å². The van der Waals surface area contributed by atoms with Gasteiger partial charge in [-0.15, -0.1) is 12.4 Å². The van der Waals surface area contributed by atoms with Gasteiger partial charge >= 0.3 is 0 Å². The summed E-state index contributed by atoms with van der Waals surface area (Å²) in [7, 11) is -3.30. The molecule has 134 valence electrons. The molecule has 1 saturated carbocycles. The van der Waals surface area contributed by atoms with Crippen molar-refractivity contribution in [2.24, 2.45) is 17.6 Å². The molecule has 2 aliphatic heterocycles. The van der Waals surface area contributed by atoms with Crippen LogP contribution >= 0.6 is 12.4 Å². The summed E-state index contributed by atoms with van der Waals surface area (Å²) in [6.07, 6.45) is 4.16. The van der Waals surface area contributed by atoms with E-state index in [0.29, 0.717) is 37.8 Å². The van der Waals surface area contributed by atoms with Crippen LogP contribution < -0.4 is 5.73 Å². The summed E-state index contributed by atoms with van der Waals surface area (Å²) in [5, 5.41) is 0. The van der Waals surface area contributed by atoms with E-state index in [1.807, 2.05) is 11.8 Å². The summed E-state index contributed by atoms with van der Waals surface area (Å²) in [6.45, 7) is 3.81. The maximum atomic E-state index is 12.8. The zero-order valence-corrected chi connectivity index (χ0v) is 15.3. The first-order valence-corrected chi connectivity index (χ1v) is 10.1. The molecule has 1 amide bonds. The Bertz CT molecular complexity index is 542. The molecular weight excluding hydrogens is 338 g/mol. The molecule has 2 N–H and O–H groups in total. The Morgan fingerprint density at radius 1 is 1.22 bits per heavy atom. The minimum absolute atomic E-state index is 0. The molecule has 1 aliphatic carbocycles. The molecule has 8 heteroatoms. The third kappa shape index (κ3) is 3.52. The van der Waals surface area contributed by atoms with E-state index in [2.05, 4.69) is 0 Å². The van der Waals surface area contributed by atoms with Gasteiger partial charge in [-0.3, -0.25) is 4.79 Å². The third-order valence-electron chi connectivity index (χ3n) is 5.53. The van der Waals surface area contributed by atoms with Gasteiger partial charge in [-0.1, -0.05) is 6.92 Å². The fourth-order valence-corrected chi connectivity index (χ4v) is 6.13. The van der Waals surface area contributed by atoms with Crippen LogP contribution in [0.2, 0.25) is 0 Å². The summed E-state index contributed by atoms with van der Waals surface area (Å²) < 4.78 is 26.1. The summed E-state index contributed by atoms with van der Waals surface area (Å²) in [4.78, 5) is 14.7. The lowest BCUT2D eigenvalue weighted by Gasteiger charge is -2.28. The van der Waals surface area contributed by atoms with E-state index in [4.69, 9.17) is 5.73 Å². The molecule has 0 aromatic carbocycles. The number of hydrogen-bond acceptors (Lipinski definition) is 4. The fourth-order valence-electron chi connectivity index (χ4n) is 4.39. The lowest BCUT2D eigenvalue weighted by atomic mass is 9.98. The lowest BCUT2D eigenvalue weighted by Crippen LogP contribution is -2.48. The van der Waals surface area contributed by atoms with Crippen LogP contribution in [-0.4, -0.2) is 61.0 Å². The summed E-state index contributed by atoms with van der Waals surface area (Å²) in [5.41, 5.74) is 6.13. The van der Waals surface area contributed by atoms with Gasteiger partial charge in [0.25, 0.3) is 0 Å². The van der Waals surface area contributed by atoms with E-state index in [1.54, 1.807) is 0 Å². The van der Waals surface area contributed by atoms with E-state index >= 15 is 0 Å². The largest absolute Gasteiger partial charge is 0.341 e. The maximum absolute atomic E-state index is 12.8. The van der Waals surface area contributed by atoms with Crippen LogP contribution in [-0.2, 0) is 14.8 Å². The number of hydrogen-bond donors (Lipinski definition) is 1. The van der Waals surface area contributed by atoms with Crippen LogP contribution in [0, 0.1) is 11.8 Å². The smallest absolute Gasteiger partial charge is 0.241 e. The Hall–Kier alpha value is -0.370. The van der Waals surface area contributed by atoms with Crippen molar-refractivity contribution < 1.29 is 13.2 Å². The highest BCUT2D eigenvalue weighted by Crippen LogP contribution is 2.38. The number of likely N-dealkylation sites (tertiary alicyclic amines) is 1. The van der Waals surface area contributed by atoms with Crippen molar-refractivity contribution in [3.05, 3.63) is 0 Å². The monoisotopic (exact) mass is 365 g/mol. The topological polar surface area (TPSA) is 83.7 Å². The molecule has 6 nitrogen and oxygen atoms in total. The third-order valence-corrected chi connectivity index (χ3v) is 7.61. The van der Waals surface area contributed by atoms with Gasteiger partial charge < -0.3 is 10.6 Å². The first-order valence-electron chi connectivity index (χ1n) is 8.48. The Morgan fingerprint density at radius 2 is 1.96 bits per heavy atom. The molecule has 0 spiro atoms. The molecule has 3 aliphatic rings. The second kappa shape index (κ2) is 7.25. The molecule has 3 fully saturated rings. The minimum atomic E-state index is -3.30. The quantitative estimate of drug-likeness (QED) is 0.799. The second-order valence-electron chi connectivity index (χ2n) is 6.99. The van der Waals surface area contributed by atoms with Crippen molar-refractivity contribution in [3.63, 3.8) is 0 Å². The normalized spacial score (nSPS) is 34.4. The highest BCUT2D eigenvalue weighted by Gasteiger charge is 2.46. The van der Waals surface area contributed by atoms with Gasteiger partial charge in [0.15, 0.2) is 0 Å².